The van der Waals surface area contributed by atoms with E-state index in [4.69, 9.17) is 9.15 Å². The molecule has 1 fully saturated rings. The van der Waals surface area contributed by atoms with Gasteiger partial charge in [-0.05, 0) is 45.7 Å². The van der Waals surface area contributed by atoms with E-state index in [1.807, 2.05) is 20.8 Å². The largest absolute Gasteiger partial charge is 0.459 e. The number of rotatable bonds is 5. The van der Waals surface area contributed by atoms with E-state index in [2.05, 4.69) is 10.6 Å². The number of carbonyl (C=O) groups excluding carboxylic acids is 3. The molecule has 0 radical (unpaired) electrons. The molecular formula is C18H27N3O5. The third-order valence-corrected chi connectivity index (χ3v) is 3.90. The van der Waals surface area contributed by atoms with Gasteiger partial charge in [-0.1, -0.05) is 0 Å². The van der Waals surface area contributed by atoms with E-state index in [9.17, 15) is 14.4 Å². The van der Waals surface area contributed by atoms with Gasteiger partial charge in [0.05, 0.1) is 12.2 Å². The van der Waals surface area contributed by atoms with Gasteiger partial charge >= 0.3 is 6.09 Å². The Morgan fingerprint density at radius 2 is 2.00 bits per heavy atom. The molecule has 2 heterocycles. The first-order valence-electron chi connectivity index (χ1n) is 8.83. The Balaban J connectivity index is 1.71. The lowest BCUT2D eigenvalue weighted by atomic mass is 9.97. The number of ether oxygens (including phenoxy) is 1. The van der Waals surface area contributed by atoms with Crippen molar-refractivity contribution < 1.29 is 23.5 Å². The molecule has 1 aromatic heterocycles. The predicted molar refractivity (Wildman–Crippen MR) is 94.6 cm³/mol. The van der Waals surface area contributed by atoms with Gasteiger partial charge in [-0.2, -0.15) is 0 Å². The molecule has 0 spiro atoms. The smallest absolute Gasteiger partial charge is 0.410 e. The quantitative estimate of drug-likeness (QED) is 0.775. The Labute approximate surface area is 153 Å². The van der Waals surface area contributed by atoms with Crippen LogP contribution in [0, 0.1) is 5.92 Å². The van der Waals surface area contributed by atoms with Crippen LogP contribution in [-0.4, -0.2) is 54.6 Å². The molecular weight excluding hydrogens is 338 g/mol. The summed E-state index contributed by atoms with van der Waals surface area (Å²) in [6.07, 6.45) is 2.52. The standard InChI is InChI=1S/C18H27N3O5/c1-18(2,3)26-17(24)21-10-4-6-13(12-21)15(22)19-8-9-20-16(23)14-7-5-11-25-14/h5,7,11,13H,4,6,8-10,12H2,1-3H3,(H,19,22)(H,20,23). The molecule has 2 N–H and O–H groups in total. The van der Waals surface area contributed by atoms with Gasteiger partial charge in [-0.3, -0.25) is 9.59 Å². The van der Waals surface area contributed by atoms with Crippen molar-refractivity contribution in [1.82, 2.24) is 15.5 Å². The van der Waals surface area contributed by atoms with E-state index in [0.29, 0.717) is 26.2 Å². The Kier molecular flexibility index (Phi) is 6.65. The summed E-state index contributed by atoms with van der Waals surface area (Å²) in [5, 5.41) is 5.46. The van der Waals surface area contributed by atoms with Crippen molar-refractivity contribution in [2.45, 2.75) is 39.2 Å². The third kappa shape index (κ3) is 6.09. The average Bonchev–Trinajstić information content (AvgIpc) is 3.11. The zero-order chi connectivity index (χ0) is 19.2. The van der Waals surface area contributed by atoms with Crippen LogP contribution in [-0.2, 0) is 9.53 Å². The number of piperidine rings is 1. The maximum Gasteiger partial charge on any atom is 0.410 e. The molecule has 1 saturated heterocycles. The van der Waals surface area contributed by atoms with Gasteiger partial charge in [0.25, 0.3) is 5.91 Å². The lowest BCUT2D eigenvalue weighted by Crippen LogP contribution is -2.47. The van der Waals surface area contributed by atoms with Crippen LogP contribution in [0.4, 0.5) is 4.79 Å². The molecule has 8 heteroatoms. The highest BCUT2D eigenvalue weighted by molar-refractivity contribution is 5.91. The number of carbonyl (C=O) groups is 3. The van der Waals surface area contributed by atoms with E-state index in [1.165, 1.54) is 6.26 Å². The van der Waals surface area contributed by atoms with Crippen LogP contribution in [0.5, 0.6) is 0 Å². The summed E-state index contributed by atoms with van der Waals surface area (Å²) in [5.41, 5.74) is -0.557. The maximum absolute atomic E-state index is 12.3. The molecule has 0 bridgehead atoms. The molecule has 1 unspecified atom stereocenters. The topological polar surface area (TPSA) is 101 Å². The van der Waals surface area contributed by atoms with Crippen molar-refractivity contribution in [2.75, 3.05) is 26.2 Å². The second-order valence-electron chi connectivity index (χ2n) is 7.29. The molecule has 3 amide bonds. The van der Waals surface area contributed by atoms with Gasteiger partial charge in [0.15, 0.2) is 5.76 Å². The highest BCUT2D eigenvalue weighted by Gasteiger charge is 2.30. The second-order valence-corrected chi connectivity index (χ2v) is 7.29. The third-order valence-electron chi connectivity index (χ3n) is 3.90. The molecule has 2 rings (SSSR count). The van der Waals surface area contributed by atoms with Crippen molar-refractivity contribution in [3.05, 3.63) is 24.2 Å². The van der Waals surface area contributed by atoms with Crippen LogP contribution in [0.1, 0.15) is 44.2 Å². The van der Waals surface area contributed by atoms with Gasteiger partial charge in [0.1, 0.15) is 5.60 Å². The maximum atomic E-state index is 12.3. The second kappa shape index (κ2) is 8.73. The first-order valence-corrected chi connectivity index (χ1v) is 8.83. The minimum absolute atomic E-state index is 0.120. The number of furan rings is 1. The molecule has 8 nitrogen and oxygen atoms in total. The van der Waals surface area contributed by atoms with E-state index in [-0.39, 0.29) is 29.6 Å². The molecule has 0 aromatic carbocycles. The van der Waals surface area contributed by atoms with Crippen molar-refractivity contribution in [3.8, 4) is 0 Å². The molecule has 1 aliphatic heterocycles. The summed E-state index contributed by atoms with van der Waals surface area (Å²) in [7, 11) is 0. The molecule has 1 aliphatic rings. The van der Waals surface area contributed by atoms with Crippen molar-refractivity contribution in [3.63, 3.8) is 0 Å². The van der Waals surface area contributed by atoms with E-state index >= 15 is 0 Å². The Morgan fingerprint density at radius 1 is 1.27 bits per heavy atom. The number of hydrogen-bond acceptors (Lipinski definition) is 5. The Hall–Kier alpha value is -2.51. The van der Waals surface area contributed by atoms with E-state index < -0.39 is 5.60 Å². The fraction of sp³-hybridized carbons (Fsp3) is 0.611. The van der Waals surface area contributed by atoms with Crippen LogP contribution in [0.3, 0.4) is 0 Å². The van der Waals surface area contributed by atoms with Crippen LogP contribution in [0.25, 0.3) is 0 Å². The molecule has 144 valence electrons. The van der Waals surface area contributed by atoms with E-state index in [0.717, 1.165) is 12.8 Å². The van der Waals surface area contributed by atoms with Gasteiger partial charge in [-0.15, -0.1) is 0 Å². The summed E-state index contributed by atoms with van der Waals surface area (Å²) >= 11 is 0. The van der Waals surface area contributed by atoms with Gasteiger partial charge in [-0.25, -0.2) is 4.79 Å². The molecule has 1 atom stereocenters. The van der Waals surface area contributed by atoms with Crippen molar-refractivity contribution in [2.24, 2.45) is 5.92 Å². The fourth-order valence-corrected chi connectivity index (χ4v) is 2.68. The number of nitrogens with zero attached hydrogens (tertiary/aromatic N) is 1. The summed E-state index contributed by atoms with van der Waals surface area (Å²) in [4.78, 5) is 37.7. The number of amides is 3. The van der Waals surface area contributed by atoms with Crippen molar-refractivity contribution >= 4 is 17.9 Å². The van der Waals surface area contributed by atoms with Crippen molar-refractivity contribution in [1.29, 1.82) is 0 Å². The zero-order valence-corrected chi connectivity index (χ0v) is 15.5. The summed E-state index contributed by atoms with van der Waals surface area (Å²) in [5.74, 6) is -0.475. The Bertz CT molecular complexity index is 621. The number of hydrogen-bond donors (Lipinski definition) is 2. The Morgan fingerprint density at radius 3 is 2.65 bits per heavy atom. The lowest BCUT2D eigenvalue weighted by molar-refractivity contribution is -0.126. The number of likely N-dealkylation sites (tertiary alicyclic amines) is 1. The van der Waals surface area contributed by atoms with Gasteiger partial charge < -0.3 is 24.7 Å². The highest BCUT2D eigenvalue weighted by atomic mass is 16.6. The summed E-state index contributed by atoms with van der Waals surface area (Å²) in [6, 6.07) is 3.21. The predicted octanol–water partition coefficient (Wildman–Crippen LogP) is 1.77. The first kappa shape index (κ1) is 19.8. The van der Waals surface area contributed by atoms with Crippen LogP contribution < -0.4 is 10.6 Å². The van der Waals surface area contributed by atoms with Gasteiger partial charge in [0.2, 0.25) is 5.91 Å². The summed E-state index contributed by atoms with van der Waals surface area (Å²) in [6.45, 7) is 7.00. The minimum atomic E-state index is -0.557. The monoisotopic (exact) mass is 365 g/mol. The lowest BCUT2D eigenvalue weighted by Gasteiger charge is -2.33. The fourth-order valence-electron chi connectivity index (χ4n) is 2.68. The van der Waals surface area contributed by atoms with E-state index in [1.54, 1.807) is 17.0 Å². The minimum Gasteiger partial charge on any atom is -0.459 e. The molecule has 1 aromatic rings. The summed E-state index contributed by atoms with van der Waals surface area (Å²) < 4.78 is 10.4. The van der Waals surface area contributed by atoms with Gasteiger partial charge in [0, 0.05) is 26.2 Å². The van der Waals surface area contributed by atoms with Crippen LogP contribution in [0.2, 0.25) is 0 Å². The zero-order valence-electron chi connectivity index (χ0n) is 15.5. The normalized spacial score (nSPS) is 17.5. The molecule has 0 saturated carbocycles. The van der Waals surface area contributed by atoms with Crippen LogP contribution >= 0.6 is 0 Å². The average molecular weight is 365 g/mol. The SMILES string of the molecule is CC(C)(C)OC(=O)N1CCCC(C(=O)NCCNC(=O)c2ccco2)C1. The number of nitrogens with one attached hydrogen (secondary N) is 2. The highest BCUT2D eigenvalue weighted by Crippen LogP contribution is 2.19. The first-order chi connectivity index (χ1) is 12.3. The van der Waals surface area contributed by atoms with Crippen LogP contribution in [0.15, 0.2) is 22.8 Å². The molecule has 26 heavy (non-hydrogen) atoms. The molecule has 0 aliphatic carbocycles.